The van der Waals surface area contributed by atoms with E-state index in [-0.39, 0.29) is 17.9 Å². The summed E-state index contributed by atoms with van der Waals surface area (Å²) in [7, 11) is 0. The first kappa shape index (κ1) is 20.7. The number of hydrogen-bond donors (Lipinski definition) is 1. The van der Waals surface area contributed by atoms with Crippen LogP contribution in [0.5, 0.6) is 11.5 Å². The molecule has 1 aliphatic rings. The minimum atomic E-state index is -0.520. The van der Waals surface area contributed by atoms with Gasteiger partial charge in [0.2, 0.25) is 5.91 Å². The van der Waals surface area contributed by atoms with Gasteiger partial charge in [0.25, 0.3) is 0 Å². The molecule has 0 atom stereocenters. The van der Waals surface area contributed by atoms with Crippen LogP contribution in [0.3, 0.4) is 0 Å². The van der Waals surface area contributed by atoms with E-state index in [1.807, 2.05) is 75.4 Å². The van der Waals surface area contributed by atoms with Crippen LogP contribution in [0.2, 0.25) is 0 Å². The van der Waals surface area contributed by atoms with Gasteiger partial charge in [-0.3, -0.25) is 4.79 Å². The number of nitrogens with zero attached hydrogens (tertiary/aromatic N) is 1. The quantitative estimate of drug-likeness (QED) is 0.784. The molecule has 3 rings (SSSR count). The van der Waals surface area contributed by atoms with Crippen molar-refractivity contribution in [2.75, 3.05) is 18.4 Å². The molecule has 0 spiro atoms. The zero-order valence-corrected chi connectivity index (χ0v) is 17.2. The molecule has 6 nitrogen and oxygen atoms in total. The maximum Gasteiger partial charge on any atom is 0.410 e. The third-order valence-corrected chi connectivity index (χ3v) is 4.63. The molecule has 29 heavy (non-hydrogen) atoms. The summed E-state index contributed by atoms with van der Waals surface area (Å²) in [5, 5.41) is 2.98. The fraction of sp³-hybridized carbons (Fsp3) is 0.391. The van der Waals surface area contributed by atoms with Gasteiger partial charge in [-0.15, -0.1) is 0 Å². The van der Waals surface area contributed by atoms with E-state index in [1.165, 1.54) is 0 Å². The van der Waals surface area contributed by atoms with E-state index < -0.39 is 5.60 Å². The first-order valence-electron chi connectivity index (χ1n) is 9.92. The molecular weight excluding hydrogens is 368 g/mol. The Morgan fingerprint density at radius 2 is 1.59 bits per heavy atom. The van der Waals surface area contributed by atoms with Crippen molar-refractivity contribution in [1.82, 2.24) is 4.90 Å². The number of carbonyl (C=O) groups is 2. The third kappa shape index (κ3) is 5.98. The number of likely N-dealkylation sites (tertiary alicyclic amines) is 1. The summed E-state index contributed by atoms with van der Waals surface area (Å²) < 4.78 is 11.3. The molecule has 2 amide bonds. The summed E-state index contributed by atoms with van der Waals surface area (Å²) in [4.78, 5) is 26.6. The fourth-order valence-electron chi connectivity index (χ4n) is 3.16. The topological polar surface area (TPSA) is 67.9 Å². The summed E-state index contributed by atoms with van der Waals surface area (Å²) in [5.41, 5.74) is 0.115. The number of benzene rings is 2. The van der Waals surface area contributed by atoms with Gasteiger partial charge >= 0.3 is 6.09 Å². The van der Waals surface area contributed by atoms with Crippen molar-refractivity contribution in [3.8, 4) is 11.5 Å². The van der Waals surface area contributed by atoms with Crippen molar-refractivity contribution in [3.63, 3.8) is 0 Å². The smallest absolute Gasteiger partial charge is 0.410 e. The lowest BCUT2D eigenvalue weighted by atomic mass is 9.96. The van der Waals surface area contributed by atoms with Crippen LogP contribution in [0.25, 0.3) is 0 Å². The van der Waals surface area contributed by atoms with Gasteiger partial charge in [-0.25, -0.2) is 4.79 Å². The molecule has 0 bridgehead atoms. The van der Waals surface area contributed by atoms with E-state index >= 15 is 0 Å². The number of carbonyl (C=O) groups excluding carboxylic acids is 2. The van der Waals surface area contributed by atoms with Crippen LogP contribution >= 0.6 is 0 Å². The molecule has 1 fully saturated rings. The Morgan fingerprint density at radius 3 is 2.24 bits per heavy atom. The fourth-order valence-corrected chi connectivity index (χ4v) is 3.16. The number of ether oxygens (including phenoxy) is 2. The van der Waals surface area contributed by atoms with E-state index in [4.69, 9.17) is 9.47 Å². The highest BCUT2D eigenvalue weighted by atomic mass is 16.6. The van der Waals surface area contributed by atoms with E-state index in [0.29, 0.717) is 43.1 Å². The summed E-state index contributed by atoms with van der Waals surface area (Å²) in [6.45, 7) is 6.56. The molecule has 1 saturated heterocycles. The first-order valence-corrected chi connectivity index (χ1v) is 9.92. The Kier molecular flexibility index (Phi) is 6.42. The summed E-state index contributed by atoms with van der Waals surface area (Å²) in [6, 6.07) is 16.8. The monoisotopic (exact) mass is 396 g/mol. The standard InChI is InChI=1S/C23H28N2O4/c1-23(2,3)29-22(27)25-15-13-17(14-16-25)21(26)24-19-11-7-8-12-20(19)28-18-9-5-4-6-10-18/h4-12,17H,13-16H2,1-3H3,(H,24,26). The van der Waals surface area contributed by atoms with Gasteiger partial charge in [0.05, 0.1) is 5.69 Å². The van der Waals surface area contributed by atoms with Crippen molar-refractivity contribution >= 4 is 17.7 Å². The Hall–Kier alpha value is -3.02. The molecule has 0 aromatic heterocycles. The van der Waals surface area contributed by atoms with Crippen LogP contribution in [0.1, 0.15) is 33.6 Å². The average Bonchev–Trinajstić information content (AvgIpc) is 2.69. The molecule has 1 heterocycles. The minimum absolute atomic E-state index is 0.0575. The second-order valence-corrected chi connectivity index (χ2v) is 8.14. The second-order valence-electron chi connectivity index (χ2n) is 8.14. The number of para-hydroxylation sites is 3. The van der Waals surface area contributed by atoms with Crippen LogP contribution in [0.4, 0.5) is 10.5 Å². The molecule has 1 N–H and O–H groups in total. The average molecular weight is 396 g/mol. The number of anilines is 1. The highest BCUT2D eigenvalue weighted by molar-refractivity contribution is 5.94. The maximum atomic E-state index is 12.8. The second kappa shape index (κ2) is 8.99. The molecule has 2 aromatic carbocycles. The Bertz CT molecular complexity index is 837. The number of amides is 2. The van der Waals surface area contributed by atoms with Gasteiger partial charge in [0, 0.05) is 19.0 Å². The van der Waals surface area contributed by atoms with Crippen molar-refractivity contribution < 1.29 is 19.1 Å². The normalized spacial score (nSPS) is 14.9. The number of nitrogens with one attached hydrogen (secondary N) is 1. The van der Waals surface area contributed by atoms with Gasteiger partial charge in [-0.1, -0.05) is 30.3 Å². The van der Waals surface area contributed by atoms with Crippen molar-refractivity contribution in [2.45, 2.75) is 39.2 Å². The van der Waals surface area contributed by atoms with Gasteiger partial charge < -0.3 is 19.7 Å². The molecule has 154 valence electrons. The third-order valence-electron chi connectivity index (χ3n) is 4.63. The summed E-state index contributed by atoms with van der Waals surface area (Å²) >= 11 is 0. The summed E-state index contributed by atoms with van der Waals surface area (Å²) in [5.74, 6) is 1.09. The molecule has 0 saturated carbocycles. The maximum absolute atomic E-state index is 12.8. The predicted molar refractivity (Wildman–Crippen MR) is 112 cm³/mol. The van der Waals surface area contributed by atoms with Crippen LogP contribution in [0.15, 0.2) is 54.6 Å². The SMILES string of the molecule is CC(C)(C)OC(=O)N1CCC(C(=O)Nc2ccccc2Oc2ccccc2)CC1. The van der Waals surface area contributed by atoms with Crippen LogP contribution < -0.4 is 10.1 Å². The van der Waals surface area contributed by atoms with Crippen molar-refractivity contribution in [1.29, 1.82) is 0 Å². The van der Waals surface area contributed by atoms with Gasteiger partial charge in [0.15, 0.2) is 5.75 Å². The van der Waals surface area contributed by atoms with Gasteiger partial charge in [-0.05, 0) is 57.9 Å². The molecule has 0 unspecified atom stereocenters. The van der Waals surface area contributed by atoms with Crippen LogP contribution in [0, 0.1) is 5.92 Å². The minimum Gasteiger partial charge on any atom is -0.455 e. The Balaban J connectivity index is 1.57. The largest absolute Gasteiger partial charge is 0.455 e. The van der Waals surface area contributed by atoms with Crippen LogP contribution in [-0.2, 0) is 9.53 Å². The molecule has 1 aliphatic heterocycles. The van der Waals surface area contributed by atoms with E-state index in [2.05, 4.69) is 5.32 Å². The first-order chi connectivity index (χ1) is 13.8. The molecular formula is C23H28N2O4. The highest BCUT2D eigenvalue weighted by Gasteiger charge is 2.30. The lowest BCUT2D eigenvalue weighted by molar-refractivity contribution is -0.121. The lowest BCUT2D eigenvalue weighted by Crippen LogP contribution is -2.43. The van der Waals surface area contributed by atoms with E-state index in [0.717, 1.165) is 0 Å². The predicted octanol–water partition coefficient (Wildman–Crippen LogP) is 5.06. The zero-order valence-electron chi connectivity index (χ0n) is 17.2. The van der Waals surface area contributed by atoms with E-state index in [9.17, 15) is 9.59 Å². The highest BCUT2D eigenvalue weighted by Crippen LogP contribution is 2.30. The van der Waals surface area contributed by atoms with E-state index in [1.54, 1.807) is 4.90 Å². The van der Waals surface area contributed by atoms with Crippen LogP contribution in [-0.4, -0.2) is 35.6 Å². The molecule has 0 radical (unpaired) electrons. The van der Waals surface area contributed by atoms with Crippen molar-refractivity contribution in [3.05, 3.63) is 54.6 Å². The van der Waals surface area contributed by atoms with Gasteiger partial charge in [-0.2, -0.15) is 0 Å². The molecule has 2 aromatic rings. The molecule has 0 aliphatic carbocycles. The summed E-state index contributed by atoms with van der Waals surface area (Å²) in [6.07, 6.45) is 0.887. The molecule has 6 heteroatoms. The Morgan fingerprint density at radius 1 is 0.966 bits per heavy atom. The zero-order chi connectivity index (χ0) is 20.9. The van der Waals surface area contributed by atoms with Crippen molar-refractivity contribution in [2.24, 2.45) is 5.92 Å². The number of rotatable bonds is 4. The Labute approximate surface area is 171 Å². The lowest BCUT2D eigenvalue weighted by Gasteiger charge is -2.33. The number of piperidine rings is 1. The van der Waals surface area contributed by atoms with Gasteiger partial charge in [0.1, 0.15) is 11.4 Å². The number of hydrogen-bond acceptors (Lipinski definition) is 4.